The van der Waals surface area contributed by atoms with Crippen molar-refractivity contribution in [2.24, 2.45) is 28.6 Å². The first-order chi connectivity index (χ1) is 13.2. The van der Waals surface area contributed by atoms with Crippen molar-refractivity contribution in [3.8, 4) is 0 Å². The zero-order valence-electron chi connectivity index (χ0n) is 16.9. The van der Waals surface area contributed by atoms with E-state index in [1.165, 1.54) is 11.1 Å². The molecule has 4 rings (SSSR count). The number of rotatable bonds is 2. The normalized spacial score (nSPS) is 39.1. The summed E-state index contributed by atoms with van der Waals surface area (Å²) in [5.74, 6) is -1.71. The molecule has 150 valence electrons. The molecule has 0 N–H and O–H groups in total. The van der Waals surface area contributed by atoms with Crippen LogP contribution in [0, 0.1) is 28.6 Å². The van der Waals surface area contributed by atoms with Gasteiger partial charge in [-0.3, -0.25) is 14.4 Å². The summed E-state index contributed by atoms with van der Waals surface area (Å²) < 4.78 is 4.57. The van der Waals surface area contributed by atoms with Crippen LogP contribution in [0.25, 0.3) is 0 Å². The highest BCUT2D eigenvalue weighted by Gasteiger charge is 2.58. The van der Waals surface area contributed by atoms with Crippen LogP contribution in [-0.4, -0.2) is 23.5 Å². The van der Waals surface area contributed by atoms with Gasteiger partial charge in [-0.25, -0.2) is 4.79 Å². The van der Waals surface area contributed by atoms with Crippen molar-refractivity contribution in [1.29, 1.82) is 0 Å². The van der Waals surface area contributed by atoms with Crippen molar-refractivity contribution in [1.82, 2.24) is 0 Å². The fraction of sp³-hybridized carbons (Fsp3) is 0.652. The molecule has 0 aromatic rings. The summed E-state index contributed by atoms with van der Waals surface area (Å²) in [7, 11) is 0. The molecule has 5 atom stereocenters. The van der Waals surface area contributed by atoms with E-state index in [1.54, 1.807) is 0 Å². The molecular weight excluding hydrogens is 356 g/mol. The summed E-state index contributed by atoms with van der Waals surface area (Å²) >= 11 is 0. The lowest BCUT2D eigenvalue weighted by atomic mass is 9.51. The monoisotopic (exact) mass is 384 g/mol. The Morgan fingerprint density at radius 3 is 2.57 bits per heavy atom. The minimum Gasteiger partial charge on any atom is -0.387 e. The standard InChI is InChI=1S/C23H28O5/c1-13(24)28-21(27)20(26)19-7-6-17-16-5-4-14-12-15(25)8-10-22(14,2)18(16)9-11-23(17,19)3/h9,12,16-17,19H,4-8,10-11H2,1-3H3/t16-,17-,19?,22-,23-/m0/s1. The second-order valence-electron chi connectivity index (χ2n) is 9.46. The Balaban J connectivity index is 1.64. The summed E-state index contributed by atoms with van der Waals surface area (Å²) in [6.45, 7) is 5.54. The second kappa shape index (κ2) is 6.50. The van der Waals surface area contributed by atoms with Crippen molar-refractivity contribution in [3.05, 3.63) is 23.3 Å². The molecule has 0 aromatic heterocycles. The number of carbonyl (C=O) groups excluding carboxylic acids is 4. The largest absolute Gasteiger partial charge is 0.387 e. The quantitative estimate of drug-likeness (QED) is 0.314. The Labute approximate surface area is 165 Å². The van der Waals surface area contributed by atoms with Crippen molar-refractivity contribution in [3.63, 3.8) is 0 Å². The topological polar surface area (TPSA) is 77.5 Å². The third-order valence-electron chi connectivity index (χ3n) is 8.09. The first-order valence-corrected chi connectivity index (χ1v) is 10.4. The van der Waals surface area contributed by atoms with Gasteiger partial charge in [-0.1, -0.05) is 31.1 Å². The van der Waals surface area contributed by atoms with Crippen molar-refractivity contribution < 1.29 is 23.9 Å². The summed E-state index contributed by atoms with van der Waals surface area (Å²) in [4.78, 5) is 47.8. The van der Waals surface area contributed by atoms with E-state index in [9.17, 15) is 19.2 Å². The number of hydrogen-bond donors (Lipinski definition) is 0. The molecule has 0 amide bonds. The van der Waals surface area contributed by atoms with Crippen molar-refractivity contribution >= 4 is 23.5 Å². The third kappa shape index (κ3) is 2.73. The zero-order valence-corrected chi connectivity index (χ0v) is 16.9. The smallest absolute Gasteiger partial charge is 0.382 e. The lowest BCUT2D eigenvalue weighted by Crippen LogP contribution is -2.46. The van der Waals surface area contributed by atoms with Gasteiger partial charge in [0.2, 0.25) is 5.78 Å². The van der Waals surface area contributed by atoms with Crippen LogP contribution in [0.2, 0.25) is 0 Å². The van der Waals surface area contributed by atoms with Gasteiger partial charge in [0.1, 0.15) is 0 Å². The first kappa shape index (κ1) is 19.3. The van der Waals surface area contributed by atoms with Gasteiger partial charge in [0, 0.05) is 24.7 Å². The SMILES string of the molecule is CC(=O)OC(=O)C(=O)C1CC[C@H]2[C@@H]3CCC4=CC(=O)CC[C@]4(C)C3=CC[C@]12C. The molecule has 5 nitrogen and oxygen atoms in total. The Morgan fingerprint density at radius 1 is 1.11 bits per heavy atom. The van der Waals surface area contributed by atoms with E-state index in [0.29, 0.717) is 24.7 Å². The molecule has 2 saturated carbocycles. The Kier molecular flexibility index (Phi) is 4.48. The minimum absolute atomic E-state index is 0.0339. The van der Waals surface area contributed by atoms with Gasteiger partial charge in [0.15, 0.2) is 5.78 Å². The lowest BCUT2D eigenvalue weighted by molar-refractivity contribution is -0.165. The van der Waals surface area contributed by atoms with Crippen LogP contribution in [0.3, 0.4) is 0 Å². The van der Waals surface area contributed by atoms with E-state index in [-0.39, 0.29) is 22.5 Å². The first-order valence-electron chi connectivity index (χ1n) is 10.4. The van der Waals surface area contributed by atoms with Gasteiger partial charge in [-0.15, -0.1) is 0 Å². The Morgan fingerprint density at radius 2 is 1.86 bits per heavy atom. The van der Waals surface area contributed by atoms with E-state index in [2.05, 4.69) is 24.7 Å². The molecular formula is C23H28O5. The summed E-state index contributed by atoms with van der Waals surface area (Å²) in [5, 5.41) is 0. The highest BCUT2D eigenvalue weighted by molar-refractivity contribution is 6.36. The van der Waals surface area contributed by atoms with Crippen LogP contribution >= 0.6 is 0 Å². The third-order valence-corrected chi connectivity index (χ3v) is 8.09. The van der Waals surface area contributed by atoms with Gasteiger partial charge < -0.3 is 4.74 Å². The van der Waals surface area contributed by atoms with E-state index in [1.807, 2.05) is 6.08 Å². The molecule has 4 aliphatic rings. The summed E-state index contributed by atoms with van der Waals surface area (Å²) in [6, 6.07) is 0. The molecule has 0 heterocycles. The van der Waals surface area contributed by atoms with Gasteiger partial charge in [0.25, 0.3) is 0 Å². The fourth-order valence-corrected chi connectivity index (χ4v) is 6.61. The predicted octanol–water partition coefficient (Wildman–Crippen LogP) is 3.71. The highest BCUT2D eigenvalue weighted by Crippen LogP contribution is 2.64. The Hall–Kier alpha value is -2.04. The van der Waals surface area contributed by atoms with Crippen LogP contribution in [0.15, 0.2) is 23.3 Å². The molecule has 0 saturated heterocycles. The van der Waals surface area contributed by atoms with Crippen LogP contribution in [-0.2, 0) is 23.9 Å². The van der Waals surface area contributed by atoms with E-state index in [4.69, 9.17) is 0 Å². The van der Waals surface area contributed by atoms with E-state index >= 15 is 0 Å². The summed E-state index contributed by atoms with van der Waals surface area (Å²) in [5.41, 5.74) is 2.40. The molecule has 2 fully saturated rings. The average Bonchev–Trinajstić information content (AvgIpc) is 2.98. The maximum atomic E-state index is 12.7. The van der Waals surface area contributed by atoms with E-state index in [0.717, 1.165) is 39.0 Å². The number of fused-ring (bicyclic) bond motifs is 5. The maximum absolute atomic E-state index is 12.7. The number of carbonyl (C=O) groups is 4. The predicted molar refractivity (Wildman–Crippen MR) is 102 cm³/mol. The maximum Gasteiger partial charge on any atom is 0.382 e. The van der Waals surface area contributed by atoms with Crippen LogP contribution in [0.5, 0.6) is 0 Å². The molecule has 0 aromatic carbocycles. The lowest BCUT2D eigenvalue weighted by Gasteiger charge is -2.53. The minimum atomic E-state index is -1.01. The van der Waals surface area contributed by atoms with Crippen molar-refractivity contribution in [2.75, 3.05) is 0 Å². The number of esters is 2. The fourth-order valence-electron chi connectivity index (χ4n) is 6.61. The Bertz CT molecular complexity index is 834. The number of allylic oxidation sites excluding steroid dienone is 4. The van der Waals surface area contributed by atoms with Gasteiger partial charge >= 0.3 is 11.9 Å². The zero-order chi connectivity index (χ0) is 20.3. The van der Waals surface area contributed by atoms with Gasteiger partial charge in [-0.2, -0.15) is 0 Å². The van der Waals surface area contributed by atoms with Gasteiger partial charge in [0.05, 0.1) is 0 Å². The van der Waals surface area contributed by atoms with Crippen LogP contribution in [0.4, 0.5) is 0 Å². The molecule has 0 bridgehead atoms. The van der Waals surface area contributed by atoms with E-state index < -0.39 is 17.7 Å². The number of ketones is 2. The second-order valence-corrected chi connectivity index (χ2v) is 9.46. The average molecular weight is 384 g/mol. The molecule has 4 aliphatic carbocycles. The molecule has 28 heavy (non-hydrogen) atoms. The molecule has 0 radical (unpaired) electrons. The summed E-state index contributed by atoms with van der Waals surface area (Å²) in [6.07, 6.45) is 9.91. The van der Waals surface area contributed by atoms with Gasteiger partial charge in [-0.05, 0) is 61.9 Å². The van der Waals surface area contributed by atoms with Crippen molar-refractivity contribution in [2.45, 2.75) is 65.7 Å². The number of hydrogen-bond acceptors (Lipinski definition) is 5. The number of Topliss-reactive ketones (excluding diaryl/α,β-unsaturated/α-hetero) is 1. The molecule has 0 aliphatic heterocycles. The van der Waals surface area contributed by atoms with Crippen LogP contribution < -0.4 is 0 Å². The highest BCUT2D eigenvalue weighted by atomic mass is 16.6. The van der Waals surface area contributed by atoms with Crippen LogP contribution in [0.1, 0.15) is 65.7 Å². The molecule has 0 spiro atoms. The molecule has 5 heteroatoms. The number of ether oxygens (including phenoxy) is 1. The molecule has 1 unspecified atom stereocenters.